The van der Waals surface area contributed by atoms with Crippen molar-refractivity contribution >= 4 is 5.97 Å². The van der Waals surface area contributed by atoms with Gasteiger partial charge in [0.05, 0.1) is 0 Å². The second kappa shape index (κ2) is 8.13. The van der Waals surface area contributed by atoms with E-state index in [4.69, 9.17) is 16.6 Å². The molecule has 0 amide bonds. The van der Waals surface area contributed by atoms with E-state index in [1.165, 1.54) is 0 Å². The Labute approximate surface area is 103 Å². The van der Waals surface area contributed by atoms with Gasteiger partial charge in [0.15, 0.2) is 0 Å². The van der Waals surface area contributed by atoms with Gasteiger partial charge in [0.1, 0.15) is 6.04 Å². The summed E-state index contributed by atoms with van der Waals surface area (Å²) in [5.41, 5.74) is 10.3. The van der Waals surface area contributed by atoms with Crippen LogP contribution in [0.2, 0.25) is 0 Å². The van der Waals surface area contributed by atoms with Crippen LogP contribution in [0.15, 0.2) is 0 Å². The van der Waals surface area contributed by atoms with Gasteiger partial charge in [0.25, 0.3) is 0 Å². The van der Waals surface area contributed by atoms with Crippen LogP contribution in [-0.2, 0) is 4.79 Å². The Balaban J connectivity index is 0. The summed E-state index contributed by atoms with van der Waals surface area (Å²) in [6, 6.07) is -0.742. The number of carbonyl (C=O) groups is 1. The average molecular weight is 171 g/mol. The molecule has 0 radical (unpaired) electrons. The molecule has 0 saturated heterocycles. The zero-order valence-electron chi connectivity index (χ0n) is 6.21. The van der Waals surface area contributed by atoms with Gasteiger partial charge in [-0.1, -0.05) is 0 Å². The summed E-state index contributed by atoms with van der Waals surface area (Å²) >= 11 is 0. The summed E-state index contributed by atoms with van der Waals surface area (Å²) in [6.45, 7) is 0.501. The molecule has 1 unspecified atom stereocenters. The molecule has 0 rings (SSSR count). The molecule has 0 fully saturated rings. The second-order valence-electron chi connectivity index (χ2n) is 1.88. The number of nitrogens with two attached hydrogens (primary N) is 2. The van der Waals surface area contributed by atoms with E-state index in [-0.39, 0.29) is 51.4 Å². The van der Waals surface area contributed by atoms with Crippen LogP contribution < -0.4 is 62.9 Å². The van der Waals surface area contributed by atoms with E-state index >= 15 is 0 Å². The van der Waals surface area contributed by atoms with Crippen molar-refractivity contribution in [1.82, 2.24) is 0 Å². The molecule has 54 valence electrons. The molecule has 0 aromatic carbocycles. The fourth-order valence-corrected chi connectivity index (χ4v) is 0.461. The smallest absolute Gasteiger partial charge is 0.480 e. The molecule has 0 spiro atoms. The van der Waals surface area contributed by atoms with Gasteiger partial charge >= 0.3 is 57.4 Å². The van der Waals surface area contributed by atoms with Crippen LogP contribution in [0.1, 0.15) is 12.8 Å². The number of aliphatic carboxylic acids is 1. The minimum Gasteiger partial charge on any atom is -0.480 e. The van der Waals surface area contributed by atoms with E-state index < -0.39 is 12.0 Å². The molecule has 5 heteroatoms. The molecule has 0 aliphatic rings. The number of rotatable bonds is 4. The van der Waals surface area contributed by atoms with Crippen LogP contribution in [0.4, 0.5) is 0 Å². The number of hydrogen-bond acceptors (Lipinski definition) is 3. The van der Waals surface area contributed by atoms with Gasteiger partial charge in [0.2, 0.25) is 0 Å². The van der Waals surface area contributed by atoms with Gasteiger partial charge in [-0.25, -0.2) is 0 Å². The van der Waals surface area contributed by atoms with Crippen LogP contribution in [0, 0.1) is 0 Å². The largest absolute Gasteiger partial charge is 1.00 e. The molecule has 0 bridgehead atoms. The van der Waals surface area contributed by atoms with Crippen LogP contribution in [0.5, 0.6) is 0 Å². The Morgan fingerprint density at radius 2 is 2.10 bits per heavy atom. The quantitative estimate of drug-likeness (QED) is 0.378. The van der Waals surface area contributed by atoms with Crippen LogP contribution >= 0.6 is 0 Å². The Hall–Kier alpha value is 1.03. The maximum absolute atomic E-state index is 10.0. The molecule has 5 N–H and O–H groups in total. The summed E-state index contributed by atoms with van der Waals surface area (Å²) in [7, 11) is 0. The molecule has 0 aromatic rings. The minimum absolute atomic E-state index is 0. The minimum atomic E-state index is -0.955. The first-order valence-corrected chi connectivity index (χ1v) is 2.87. The maximum Gasteiger partial charge on any atom is 1.00 e. The Bertz CT molecular complexity index is 99.6. The van der Waals surface area contributed by atoms with Gasteiger partial charge in [-0.3, -0.25) is 4.79 Å². The topological polar surface area (TPSA) is 89.3 Å². The summed E-state index contributed by atoms with van der Waals surface area (Å²) in [5.74, 6) is -0.955. The standard InChI is InChI=1S/C5H12N2O2.K/c6-3-1-2-4(7)5(8)9;/h4H,1-3,6-7H2,(H,8,9);/q;+1. The van der Waals surface area contributed by atoms with Gasteiger partial charge in [0, 0.05) is 0 Å². The maximum atomic E-state index is 10.0. The Kier molecular flexibility index (Phi) is 11.1. The van der Waals surface area contributed by atoms with Gasteiger partial charge in [-0.15, -0.1) is 0 Å². The SMILES string of the molecule is NCCCC(N)C(=O)O.[K+]. The molecule has 4 nitrogen and oxygen atoms in total. The van der Waals surface area contributed by atoms with E-state index in [2.05, 4.69) is 0 Å². The molecule has 0 aliphatic heterocycles. The summed E-state index contributed by atoms with van der Waals surface area (Å²) in [6.07, 6.45) is 1.14. The van der Waals surface area contributed by atoms with E-state index in [1.54, 1.807) is 0 Å². The predicted octanol–water partition coefficient (Wildman–Crippen LogP) is -3.86. The predicted molar refractivity (Wildman–Crippen MR) is 33.9 cm³/mol. The van der Waals surface area contributed by atoms with Crippen molar-refractivity contribution in [2.45, 2.75) is 18.9 Å². The van der Waals surface area contributed by atoms with Gasteiger partial charge in [-0.2, -0.15) is 0 Å². The molecular weight excluding hydrogens is 159 g/mol. The van der Waals surface area contributed by atoms with Crippen LogP contribution in [-0.4, -0.2) is 23.7 Å². The van der Waals surface area contributed by atoms with Gasteiger partial charge in [-0.05, 0) is 19.4 Å². The summed E-state index contributed by atoms with van der Waals surface area (Å²) < 4.78 is 0. The molecule has 0 aliphatic carbocycles. The second-order valence-corrected chi connectivity index (χ2v) is 1.88. The summed E-state index contributed by atoms with van der Waals surface area (Å²) in [4.78, 5) is 10.0. The average Bonchev–Trinajstić information content (AvgIpc) is 1.82. The number of carboxylic acids is 1. The van der Waals surface area contributed by atoms with Crippen molar-refractivity contribution in [3.05, 3.63) is 0 Å². The first kappa shape index (κ1) is 13.6. The molecule has 10 heavy (non-hydrogen) atoms. The number of hydrogen-bond donors (Lipinski definition) is 3. The monoisotopic (exact) mass is 171 g/mol. The molecule has 1 atom stereocenters. The third kappa shape index (κ3) is 7.14. The third-order valence-corrected chi connectivity index (χ3v) is 1.04. The van der Waals surface area contributed by atoms with Crippen molar-refractivity contribution in [3.63, 3.8) is 0 Å². The Morgan fingerprint density at radius 1 is 1.60 bits per heavy atom. The fraction of sp³-hybridized carbons (Fsp3) is 0.800. The molecule has 0 saturated carbocycles. The van der Waals surface area contributed by atoms with Crippen LogP contribution in [0.3, 0.4) is 0 Å². The molecule has 0 heterocycles. The van der Waals surface area contributed by atoms with Crippen LogP contribution in [0.25, 0.3) is 0 Å². The van der Waals surface area contributed by atoms with E-state index in [0.717, 1.165) is 0 Å². The van der Waals surface area contributed by atoms with Crippen molar-refractivity contribution < 1.29 is 61.3 Å². The van der Waals surface area contributed by atoms with Crippen molar-refractivity contribution in [3.8, 4) is 0 Å². The van der Waals surface area contributed by atoms with Crippen molar-refractivity contribution in [1.29, 1.82) is 0 Å². The number of carboxylic acid groups (broad SMARTS) is 1. The zero-order valence-corrected chi connectivity index (χ0v) is 9.33. The van der Waals surface area contributed by atoms with Crippen molar-refractivity contribution in [2.75, 3.05) is 6.54 Å². The summed E-state index contributed by atoms with van der Waals surface area (Å²) in [5, 5.41) is 8.24. The van der Waals surface area contributed by atoms with E-state index in [9.17, 15) is 4.79 Å². The first-order valence-electron chi connectivity index (χ1n) is 2.87. The van der Waals surface area contributed by atoms with Gasteiger partial charge < -0.3 is 16.6 Å². The fourth-order valence-electron chi connectivity index (χ4n) is 0.461. The molecular formula is C5H12KN2O2+. The van der Waals surface area contributed by atoms with E-state index in [1.807, 2.05) is 0 Å². The van der Waals surface area contributed by atoms with E-state index in [0.29, 0.717) is 19.4 Å². The third-order valence-electron chi connectivity index (χ3n) is 1.04. The Morgan fingerprint density at radius 3 is 2.40 bits per heavy atom. The van der Waals surface area contributed by atoms with Crippen molar-refractivity contribution in [2.24, 2.45) is 11.5 Å². The zero-order chi connectivity index (χ0) is 7.28. The normalized spacial score (nSPS) is 11.8. The first-order chi connectivity index (χ1) is 4.18. The molecule has 0 aromatic heterocycles.